The van der Waals surface area contributed by atoms with E-state index in [9.17, 15) is 18.0 Å². The molecule has 4 aliphatic rings. The fraction of sp³-hybridized carbons (Fsp3) is 0.882. The fourth-order valence-corrected chi connectivity index (χ4v) is 6.41. The molecule has 4 fully saturated rings. The maximum absolute atomic E-state index is 12.7. The van der Waals surface area contributed by atoms with Crippen molar-refractivity contribution in [1.29, 1.82) is 0 Å². The van der Waals surface area contributed by atoms with E-state index in [4.69, 9.17) is 0 Å². The van der Waals surface area contributed by atoms with Crippen LogP contribution in [0.15, 0.2) is 0 Å². The van der Waals surface area contributed by atoms with Crippen LogP contribution in [-0.2, 0) is 19.6 Å². The second kappa shape index (κ2) is 6.23. The minimum Gasteiger partial charge on any atom is -0.349 e. The number of hydrogen-bond donors (Lipinski definition) is 2. The van der Waals surface area contributed by atoms with Gasteiger partial charge in [0.2, 0.25) is 21.8 Å². The number of carbonyl (C=O) groups is 2. The van der Waals surface area contributed by atoms with E-state index >= 15 is 0 Å². The summed E-state index contributed by atoms with van der Waals surface area (Å²) in [6.07, 6.45) is 7.70. The number of rotatable bonds is 4. The van der Waals surface area contributed by atoms with Gasteiger partial charge < -0.3 is 10.2 Å². The van der Waals surface area contributed by atoms with Crippen LogP contribution in [0, 0.1) is 5.92 Å². The maximum Gasteiger partial charge on any atom is 0.225 e. The highest BCUT2D eigenvalue weighted by Gasteiger charge is 2.51. The highest BCUT2D eigenvalue weighted by Crippen LogP contribution is 2.39. The molecular weight excluding hydrogens is 342 g/mol. The summed E-state index contributed by atoms with van der Waals surface area (Å²) in [6.45, 7) is 0.605. The van der Waals surface area contributed by atoms with Crippen molar-refractivity contribution >= 4 is 21.8 Å². The molecule has 1 spiro atoms. The van der Waals surface area contributed by atoms with Crippen molar-refractivity contribution in [3.63, 3.8) is 0 Å². The fourth-order valence-electron chi connectivity index (χ4n) is 4.72. The Labute approximate surface area is 148 Å². The summed E-state index contributed by atoms with van der Waals surface area (Å²) in [6, 6.07) is -0.219. The molecule has 7 nitrogen and oxygen atoms in total. The van der Waals surface area contributed by atoms with Gasteiger partial charge in [-0.05, 0) is 38.5 Å². The van der Waals surface area contributed by atoms with E-state index < -0.39 is 15.3 Å². The van der Waals surface area contributed by atoms with Crippen molar-refractivity contribution in [3.05, 3.63) is 0 Å². The summed E-state index contributed by atoms with van der Waals surface area (Å²) in [7, 11) is -3.47. The van der Waals surface area contributed by atoms with Gasteiger partial charge in [-0.1, -0.05) is 12.8 Å². The Bertz CT molecular complexity index is 661. The highest BCUT2D eigenvalue weighted by atomic mass is 32.2. The highest BCUT2D eigenvalue weighted by molar-refractivity contribution is 7.90. The lowest BCUT2D eigenvalue weighted by Gasteiger charge is -2.51. The number of carbonyl (C=O) groups excluding carboxylic acids is 2. The second-order valence-corrected chi connectivity index (χ2v) is 10.2. The first-order valence-electron chi connectivity index (χ1n) is 9.51. The lowest BCUT2D eigenvalue weighted by Crippen LogP contribution is -2.70. The topological polar surface area (TPSA) is 95.6 Å². The van der Waals surface area contributed by atoms with Gasteiger partial charge >= 0.3 is 0 Å². The van der Waals surface area contributed by atoms with Gasteiger partial charge in [0, 0.05) is 31.5 Å². The molecule has 2 aliphatic heterocycles. The Kier molecular flexibility index (Phi) is 4.30. The van der Waals surface area contributed by atoms with Crippen LogP contribution in [0.2, 0.25) is 0 Å². The summed E-state index contributed by atoms with van der Waals surface area (Å²) < 4.78 is 28.3. The zero-order valence-corrected chi connectivity index (χ0v) is 15.3. The smallest absolute Gasteiger partial charge is 0.225 e. The molecule has 0 aromatic carbocycles. The Morgan fingerprint density at radius 3 is 2.40 bits per heavy atom. The van der Waals surface area contributed by atoms with Gasteiger partial charge in [0.15, 0.2) is 0 Å². The quantitative estimate of drug-likeness (QED) is 0.755. The number of amides is 2. The SMILES string of the molecule is O=C1CCC(NS(=O)(=O)C2CN(C(=O)C3CCCC3)C2)C2(CCC2)N1. The molecule has 140 valence electrons. The van der Waals surface area contributed by atoms with Gasteiger partial charge in [0.25, 0.3) is 0 Å². The summed E-state index contributed by atoms with van der Waals surface area (Å²) >= 11 is 0. The van der Waals surface area contributed by atoms with Crippen LogP contribution >= 0.6 is 0 Å². The molecule has 0 aromatic rings. The minimum absolute atomic E-state index is 0.0205. The average Bonchev–Trinajstić information content (AvgIpc) is 2.99. The molecule has 0 radical (unpaired) electrons. The van der Waals surface area contributed by atoms with Crippen LogP contribution in [0.4, 0.5) is 0 Å². The van der Waals surface area contributed by atoms with E-state index in [1.54, 1.807) is 4.90 Å². The third-order valence-corrected chi connectivity index (χ3v) is 8.36. The molecule has 2 N–H and O–H groups in total. The lowest BCUT2D eigenvalue weighted by atomic mass is 9.68. The first kappa shape index (κ1) is 17.3. The van der Waals surface area contributed by atoms with Crippen molar-refractivity contribution < 1.29 is 18.0 Å². The summed E-state index contributed by atoms with van der Waals surface area (Å²) in [5, 5.41) is 2.49. The molecule has 0 aromatic heterocycles. The molecule has 4 rings (SSSR count). The summed E-state index contributed by atoms with van der Waals surface area (Å²) in [5.74, 6) is 0.250. The zero-order valence-electron chi connectivity index (χ0n) is 14.5. The molecule has 25 heavy (non-hydrogen) atoms. The van der Waals surface area contributed by atoms with Crippen molar-refractivity contribution in [2.75, 3.05) is 13.1 Å². The van der Waals surface area contributed by atoms with E-state index in [0.717, 1.165) is 44.9 Å². The van der Waals surface area contributed by atoms with E-state index in [-0.39, 0.29) is 29.3 Å². The minimum atomic E-state index is -3.47. The molecule has 2 saturated heterocycles. The molecule has 8 heteroatoms. The number of hydrogen-bond acceptors (Lipinski definition) is 4. The molecule has 2 saturated carbocycles. The predicted molar refractivity (Wildman–Crippen MR) is 92.1 cm³/mol. The molecule has 2 heterocycles. The van der Waals surface area contributed by atoms with E-state index in [0.29, 0.717) is 25.9 Å². The standard InChI is InChI=1S/C17H27N3O4S/c21-15-7-6-14(17(18-15)8-3-9-17)19-25(23,24)13-10-20(11-13)16(22)12-4-1-2-5-12/h12-14,19H,1-11H2,(H,18,21). The van der Waals surface area contributed by atoms with Gasteiger partial charge in [0.1, 0.15) is 5.25 Å². The van der Waals surface area contributed by atoms with Gasteiger partial charge in [-0.15, -0.1) is 0 Å². The molecule has 1 unspecified atom stereocenters. The van der Waals surface area contributed by atoms with Crippen LogP contribution < -0.4 is 10.0 Å². The van der Waals surface area contributed by atoms with Crippen LogP contribution in [0.5, 0.6) is 0 Å². The first-order valence-corrected chi connectivity index (χ1v) is 11.1. The molecule has 0 bridgehead atoms. The monoisotopic (exact) mass is 369 g/mol. The van der Waals surface area contributed by atoms with Crippen LogP contribution in [-0.4, -0.2) is 55.1 Å². The number of likely N-dealkylation sites (tertiary alicyclic amines) is 1. The Morgan fingerprint density at radius 1 is 1.12 bits per heavy atom. The Morgan fingerprint density at radius 2 is 1.80 bits per heavy atom. The number of sulfonamides is 1. The number of piperidine rings is 1. The molecule has 2 aliphatic carbocycles. The van der Waals surface area contributed by atoms with Gasteiger partial charge in [-0.2, -0.15) is 0 Å². The van der Waals surface area contributed by atoms with Gasteiger partial charge in [0.05, 0.1) is 5.54 Å². The molecule has 1 atom stereocenters. The third-order valence-electron chi connectivity index (χ3n) is 6.57. The van der Waals surface area contributed by atoms with Crippen LogP contribution in [0.3, 0.4) is 0 Å². The number of nitrogens with zero attached hydrogens (tertiary/aromatic N) is 1. The van der Waals surface area contributed by atoms with Crippen LogP contribution in [0.25, 0.3) is 0 Å². The predicted octanol–water partition coefficient (Wildman–Crippen LogP) is 0.508. The Hall–Kier alpha value is -1.15. The van der Waals surface area contributed by atoms with Gasteiger partial charge in [-0.3, -0.25) is 9.59 Å². The second-order valence-electron chi connectivity index (χ2n) is 8.16. The van der Waals surface area contributed by atoms with Crippen LogP contribution in [0.1, 0.15) is 57.8 Å². The summed E-state index contributed by atoms with van der Waals surface area (Å²) in [5.41, 5.74) is -0.383. The van der Waals surface area contributed by atoms with Crippen molar-refractivity contribution in [1.82, 2.24) is 14.9 Å². The summed E-state index contributed by atoms with van der Waals surface area (Å²) in [4.78, 5) is 25.7. The normalized spacial score (nSPS) is 30.0. The van der Waals surface area contributed by atoms with E-state index in [1.807, 2.05) is 0 Å². The maximum atomic E-state index is 12.7. The zero-order chi connectivity index (χ0) is 17.7. The molecular formula is C17H27N3O4S. The van der Waals surface area contributed by atoms with Gasteiger partial charge in [-0.25, -0.2) is 13.1 Å². The van der Waals surface area contributed by atoms with Crippen molar-refractivity contribution in [3.8, 4) is 0 Å². The molecule has 2 amide bonds. The average molecular weight is 369 g/mol. The lowest BCUT2D eigenvalue weighted by molar-refractivity contribution is -0.138. The number of nitrogens with one attached hydrogen (secondary N) is 2. The van der Waals surface area contributed by atoms with Crippen molar-refractivity contribution in [2.24, 2.45) is 5.92 Å². The largest absolute Gasteiger partial charge is 0.349 e. The van der Waals surface area contributed by atoms with Crippen molar-refractivity contribution in [2.45, 2.75) is 74.6 Å². The Balaban J connectivity index is 1.35. The van der Waals surface area contributed by atoms with E-state index in [1.165, 1.54) is 0 Å². The van der Waals surface area contributed by atoms with E-state index in [2.05, 4.69) is 10.0 Å². The first-order chi connectivity index (χ1) is 11.9. The third kappa shape index (κ3) is 3.07.